The molecular weight excluding hydrogens is 334 g/mol. The van der Waals surface area contributed by atoms with E-state index in [1.165, 1.54) is 25.7 Å². The molecule has 3 N–H and O–H groups in total. The van der Waals surface area contributed by atoms with Crippen LogP contribution in [0, 0.1) is 52.8 Å². The lowest BCUT2D eigenvalue weighted by Gasteiger charge is -2.63. The monoisotopic (exact) mass is 373 g/mol. The van der Waals surface area contributed by atoms with Gasteiger partial charge in [0.1, 0.15) is 0 Å². The number of nitrogens with two attached hydrogens (primary N) is 1. The van der Waals surface area contributed by atoms with Crippen LogP contribution in [0.15, 0.2) is 0 Å². The van der Waals surface area contributed by atoms with Crippen molar-refractivity contribution in [3.63, 3.8) is 0 Å². The highest BCUT2D eigenvalue weighted by Gasteiger charge is 2.63. The number of hydrogen-bond donors (Lipinski definition) is 2. The van der Waals surface area contributed by atoms with Crippen LogP contribution in [-0.2, 0) is 4.74 Å². The Morgan fingerprint density at radius 3 is 2.37 bits per heavy atom. The molecule has 4 aliphatic rings. The third-order valence-electron chi connectivity index (χ3n) is 9.34. The van der Waals surface area contributed by atoms with E-state index in [2.05, 4.69) is 19.8 Å². The average Bonchev–Trinajstić information content (AvgIpc) is 2.91. The van der Waals surface area contributed by atoms with Gasteiger partial charge in [0.25, 0.3) is 0 Å². The Morgan fingerprint density at radius 1 is 1.04 bits per heavy atom. The first-order valence-electron chi connectivity index (χ1n) is 11.2. The third kappa shape index (κ3) is 3.07. The predicted octanol–water partition coefficient (Wildman–Crippen LogP) is 4.33. The smallest absolute Gasteiger partial charge is 0.160 e. The van der Waals surface area contributed by atoms with Gasteiger partial charge in [0, 0.05) is 12.0 Å². The molecule has 0 saturated heterocycles. The Balaban J connectivity index is 1.71. The predicted molar refractivity (Wildman–Crippen MR) is 109 cm³/mol. The second-order valence-electron chi connectivity index (χ2n) is 11.2. The lowest BCUT2D eigenvalue weighted by molar-refractivity contribution is -0.263. The van der Waals surface area contributed by atoms with Crippen LogP contribution >= 0.6 is 0 Å². The van der Waals surface area contributed by atoms with Gasteiger partial charge in [-0.15, -0.1) is 12.3 Å². The molecular formula is C24H39NO2. The van der Waals surface area contributed by atoms with E-state index < -0.39 is 5.79 Å². The highest BCUT2D eigenvalue weighted by molar-refractivity contribution is 5.16. The number of terminal acetylenes is 1. The van der Waals surface area contributed by atoms with Crippen LogP contribution in [0.2, 0.25) is 0 Å². The van der Waals surface area contributed by atoms with E-state index in [0.29, 0.717) is 41.0 Å². The fraction of sp³-hybridized carbons (Fsp3) is 0.917. The molecule has 4 rings (SSSR count). The van der Waals surface area contributed by atoms with E-state index in [0.717, 1.165) is 25.7 Å². The highest BCUT2D eigenvalue weighted by atomic mass is 16.6. The van der Waals surface area contributed by atoms with Crippen LogP contribution in [0.4, 0.5) is 0 Å². The molecule has 3 nitrogen and oxygen atoms in total. The minimum absolute atomic E-state index is 0.125. The topological polar surface area (TPSA) is 55.5 Å². The van der Waals surface area contributed by atoms with Gasteiger partial charge in [-0.05, 0) is 99.7 Å². The summed E-state index contributed by atoms with van der Waals surface area (Å²) in [4.78, 5) is 0. The Labute approximate surface area is 165 Å². The van der Waals surface area contributed by atoms with Crippen molar-refractivity contribution in [2.45, 2.75) is 97.0 Å². The number of fused-ring (bicyclic) bond motifs is 5. The number of ether oxygens (including phenoxy) is 1. The van der Waals surface area contributed by atoms with E-state index in [-0.39, 0.29) is 11.5 Å². The molecule has 0 bridgehead atoms. The van der Waals surface area contributed by atoms with E-state index >= 15 is 0 Å². The number of rotatable bonds is 2. The molecule has 3 heteroatoms. The lowest BCUT2D eigenvalue weighted by Crippen LogP contribution is -2.60. The molecule has 0 aromatic carbocycles. The summed E-state index contributed by atoms with van der Waals surface area (Å²) < 4.78 is 6.36. The number of aliphatic hydroxyl groups is 1. The molecule has 0 aromatic rings. The quantitative estimate of drug-likeness (QED) is 0.559. The maximum Gasteiger partial charge on any atom is 0.160 e. The summed E-state index contributed by atoms with van der Waals surface area (Å²) in [5.41, 5.74) is 6.98. The van der Waals surface area contributed by atoms with Gasteiger partial charge in [-0.3, -0.25) is 0 Å². The molecule has 0 amide bonds. The van der Waals surface area contributed by atoms with Crippen molar-refractivity contribution in [1.29, 1.82) is 0 Å². The van der Waals surface area contributed by atoms with Crippen LogP contribution in [0.25, 0.3) is 0 Å². The van der Waals surface area contributed by atoms with Crippen LogP contribution in [0.3, 0.4) is 0 Å². The second-order valence-corrected chi connectivity index (χ2v) is 11.2. The summed E-state index contributed by atoms with van der Waals surface area (Å²) in [5.74, 6) is 4.87. The molecule has 9 atom stereocenters. The first kappa shape index (κ1) is 19.7. The third-order valence-corrected chi connectivity index (χ3v) is 9.34. The minimum Gasteiger partial charge on any atom is -0.366 e. The van der Waals surface area contributed by atoms with Gasteiger partial charge in [0.15, 0.2) is 5.79 Å². The van der Waals surface area contributed by atoms with E-state index in [9.17, 15) is 5.11 Å². The van der Waals surface area contributed by atoms with Crippen LogP contribution in [-0.4, -0.2) is 23.0 Å². The lowest BCUT2D eigenvalue weighted by atomic mass is 9.44. The summed E-state index contributed by atoms with van der Waals surface area (Å²) in [6.45, 7) is 8.54. The highest BCUT2D eigenvalue weighted by Crippen LogP contribution is 2.67. The zero-order chi connectivity index (χ0) is 19.6. The molecule has 4 aliphatic carbocycles. The first-order valence-corrected chi connectivity index (χ1v) is 11.2. The van der Waals surface area contributed by atoms with Crippen molar-refractivity contribution in [2.24, 2.45) is 46.2 Å². The summed E-state index contributed by atoms with van der Waals surface area (Å²) in [5, 5.41) is 10.5. The van der Waals surface area contributed by atoms with Crippen molar-refractivity contribution in [2.75, 3.05) is 0 Å². The van der Waals surface area contributed by atoms with Crippen LogP contribution in [0.1, 0.15) is 79.1 Å². The molecule has 0 radical (unpaired) electrons. The molecule has 152 valence electrons. The van der Waals surface area contributed by atoms with Crippen molar-refractivity contribution < 1.29 is 9.84 Å². The van der Waals surface area contributed by atoms with Gasteiger partial charge >= 0.3 is 0 Å². The molecule has 0 aliphatic heterocycles. The van der Waals surface area contributed by atoms with Gasteiger partial charge < -0.3 is 15.6 Å². The van der Waals surface area contributed by atoms with E-state index in [1.807, 2.05) is 0 Å². The Bertz CT molecular complexity index is 619. The molecule has 4 fully saturated rings. The van der Waals surface area contributed by atoms with Crippen molar-refractivity contribution in [3.05, 3.63) is 0 Å². The number of hydrogen-bond acceptors (Lipinski definition) is 3. The van der Waals surface area contributed by atoms with Crippen LogP contribution in [0.5, 0.6) is 0 Å². The summed E-state index contributed by atoms with van der Waals surface area (Å²) in [6.07, 6.45) is 15.5. The minimum atomic E-state index is -1.09. The Morgan fingerprint density at radius 2 is 1.70 bits per heavy atom. The average molecular weight is 374 g/mol. The van der Waals surface area contributed by atoms with Crippen molar-refractivity contribution >= 4 is 0 Å². The normalized spacial score (nSPS) is 52.4. The fourth-order valence-corrected chi connectivity index (χ4v) is 8.00. The zero-order valence-corrected chi connectivity index (χ0v) is 17.7. The fourth-order valence-electron chi connectivity index (χ4n) is 8.00. The first-order chi connectivity index (χ1) is 12.6. The van der Waals surface area contributed by atoms with Gasteiger partial charge in [0.05, 0.1) is 6.10 Å². The molecule has 4 saturated carbocycles. The maximum absolute atomic E-state index is 10.5. The molecule has 0 aromatic heterocycles. The Kier molecular flexibility index (Phi) is 4.74. The summed E-state index contributed by atoms with van der Waals surface area (Å²) in [6, 6.07) is 0.327. The van der Waals surface area contributed by atoms with Gasteiger partial charge in [-0.2, -0.15) is 0 Å². The SMILES string of the molecule is C#CC1CCC2C3C(OC(C)(C)O)CC4CC(N)CCC4(C)C3CCC12C. The van der Waals surface area contributed by atoms with E-state index in [1.54, 1.807) is 13.8 Å². The summed E-state index contributed by atoms with van der Waals surface area (Å²) >= 11 is 0. The van der Waals surface area contributed by atoms with Gasteiger partial charge in [-0.25, -0.2) is 0 Å². The second kappa shape index (κ2) is 6.48. The van der Waals surface area contributed by atoms with E-state index in [4.69, 9.17) is 16.9 Å². The van der Waals surface area contributed by atoms with Crippen molar-refractivity contribution in [1.82, 2.24) is 0 Å². The Hall–Kier alpha value is -0.560. The molecule has 0 heterocycles. The molecule has 27 heavy (non-hydrogen) atoms. The molecule has 0 spiro atoms. The van der Waals surface area contributed by atoms with Crippen LogP contribution < -0.4 is 5.73 Å². The summed E-state index contributed by atoms with van der Waals surface area (Å²) in [7, 11) is 0. The zero-order valence-electron chi connectivity index (χ0n) is 17.7. The van der Waals surface area contributed by atoms with Gasteiger partial charge in [0.2, 0.25) is 0 Å². The molecule has 9 unspecified atom stereocenters. The van der Waals surface area contributed by atoms with Gasteiger partial charge in [-0.1, -0.05) is 13.8 Å². The maximum atomic E-state index is 10.5. The van der Waals surface area contributed by atoms with Crippen molar-refractivity contribution in [3.8, 4) is 12.3 Å². The largest absolute Gasteiger partial charge is 0.366 e. The standard InChI is InChI=1S/C24H39NO2/c1-6-15-7-8-18-21-19(10-12-23(15,18)4)24(5)11-9-17(25)13-16(24)14-20(21)27-22(2,3)26/h1,15-21,26H,7-14,25H2,2-5H3.